The van der Waals surface area contributed by atoms with Gasteiger partial charge >= 0.3 is 5.97 Å². The van der Waals surface area contributed by atoms with E-state index in [4.69, 9.17) is 22.0 Å². The number of halogens is 1. The van der Waals surface area contributed by atoms with Crippen molar-refractivity contribution >= 4 is 53.6 Å². The number of anilines is 1. The van der Waals surface area contributed by atoms with Gasteiger partial charge in [-0.1, -0.05) is 11.6 Å². The maximum absolute atomic E-state index is 11.9. The van der Waals surface area contributed by atoms with E-state index in [1.54, 1.807) is 30.3 Å². The van der Waals surface area contributed by atoms with Gasteiger partial charge in [0.05, 0.1) is 9.99 Å². The smallest absolute Gasteiger partial charge is 0.313 e. The highest BCUT2D eigenvalue weighted by atomic mass is 35.5. The number of carboxylic acid groups (broad SMARTS) is 1. The predicted molar refractivity (Wildman–Crippen MR) is 81.8 cm³/mol. The van der Waals surface area contributed by atoms with Crippen LogP contribution in [0.3, 0.4) is 0 Å². The van der Waals surface area contributed by atoms with Crippen LogP contribution in [0.1, 0.15) is 0 Å². The lowest BCUT2D eigenvalue weighted by Gasteiger charge is -2.06. The van der Waals surface area contributed by atoms with Crippen LogP contribution in [0.4, 0.5) is 5.69 Å². The Morgan fingerprint density at radius 3 is 2.50 bits per heavy atom. The molecule has 0 unspecified atom stereocenters. The molecule has 0 fully saturated rings. The summed E-state index contributed by atoms with van der Waals surface area (Å²) >= 11 is 10.5. The molecule has 0 radical (unpaired) electrons. The van der Waals surface area contributed by atoms with Gasteiger partial charge in [0, 0.05) is 10.7 Å². The molecule has 0 aliphatic carbocycles. The first-order valence-electron chi connectivity index (χ1n) is 5.19. The summed E-state index contributed by atoms with van der Waals surface area (Å²) in [6.45, 7) is 0. The predicted octanol–water partition coefficient (Wildman–Crippen LogP) is 2.76. The third-order valence-electron chi connectivity index (χ3n) is 1.99. The van der Waals surface area contributed by atoms with Gasteiger partial charge in [-0.25, -0.2) is 0 Å². The SMILES string of the molecule is N#C/C(C(=O)Nc1ccc(Cl)cc1)=C(/S)SCC(=O)O. The molecular weight excluding hydrogens is 320 g/mol. The molecule has 20 heavy (non-hydrogen) atoms. The molecule has 104 valence electrons. The molecule has 0 saturated heterocycles. The van der Waals surface area contributed by atoms with E-state index in [2.05, 4.69) is 17.9 Å². The highest BCUT2D eigenvalue weighted by Gasteiger charge is 2.15. The van der Waals surface area contributed by atoms with E-state index < -0.39 is 11.9 Å². The van der Waals surface area contributed by atoms with Gasteiger partial charge in [0.2, 0.25) is 0 Å². The highest BCUT2D eigenvalue weighted by Crippen LogP contribution is 2.24. The zero-order chi connectivity index (χ0) is 15.1. The van der Waals surface area contributed by atoms with Crippen LogP contribution >= 0.6 is 36.0 Å². The van der Waals surface area contributed by atoms with Gasteiger partial charge in [-0.3, -0.25) is 9.59 Å². The maximum atomic E-state index is 11.9. The lowest BCUT2D eigenvalue weighted by Crippen LogP contribution is -2.14. The molecule has 0 spiro atoms. The highest BCUT2D eigenvalue weighted by molar-refractivity contribution is 8.16. The van der Waals surface area contributed by atoms with Crippen molar-refractivity contribution in [2.75, 3.05) is 11.1 Å². The number of carbonyl (C=O) groups excluding carboxylic acids is 1. The molecule has 0 saturated carbocycles. The van der Waals surface area contributed by atoms with Crippen molar-refractivity contribution in [2.24, 2.45) is 0 Å². The second-order valence-corrected chi connectivity index (χ2v) is 5.61. The third-order valence-corrected chi connectivity index (χ3v) is 3.72. The van der Waals surface area contributed by atoms with Gasteiger partial charge in [-0.05, 0) is 24.3 Å². The number of nitriles is 1. The first-order valence-corrected chi connectivity index (χ1v) is 7.00. The lowest BCUT2D eigenvalue weighted by atomic mass is 10.2. The zero-order valence-corrected chi connectivity index (χ0v) is 12.4. The summed E-state index contributed by atoms with van der Waals surface area (Å²) in [6.07, 6.45) is 0. The molecule has 1 amide bonds. The molecule has 1 aromatic rings. The Kier molecular flexibility index (Phi) is 6.45. The lowest BCUT2D eigenvalue weighted by molar-refractivity contribution is -0.133. The third kappa shape index (κ3) is 5.17. The summed E-state index contributed by atoms with van der Waals surface area (Å²) in [5.41, 5.74) is 0.228. The molecule has 0 atom stereocenters. The van der Waals surface area contributed by atoms with E-state index in [1.165, 1.54) is 0 Å². The minimum absolute atomic E-state index is 0.0568. The normalized spacial score (nSPS) is 11.2. The number of nitrogens with one attached hydrogen (secondary N) is 1. The summed E-state index contributed by atoms with van der Waals surface area (Å²) in [5, 5.41) is 20.5. The van der Waals surface area contributed by atoms with Crippen molar-refractivity contribution in [1.29, 1.82) is 5.26 Å². The van der Waals surface area contributed by atoms with Crippen LogP contribution in [0.2, 0.25) is 5.02 Å². The summed E-state index contributed by atoms with van der Waals surface area (Å²) in [7, 11) is 0. The molecular formula is C12H9ClN2O3S2. The van der Waals surface area contributed by atoms with Crippen molar-refractivity contribution in [3.63, 3.8) is 0 Å². The van der Waals surface area contributed by atoms with Crippen molar-refractivity contribution in [1.82, 2.24) is 0 Å². The number of hydrogen-bond donors (Lipinski definition) is 3. The fraction of sp³-hybridized carbons (Fsp3) is 0.0833. The molecule has 0 aliphatic heterocycles. The van der Waals surface area contributed by atoms with Gasteiger partial charge in [0.15, 0.2) is 0 Å². The van der Waals surface area contributed by atoms with Crippen molar-refractivity contribution in [3.8, 4) is 6.07 Å². The van der Waals surface area contributed by atoms with Crippen LogP contribution in [0.25, 0.3) is 0 Å². The number of carboxylic acids is 1. The van der Waals surface area contributed by atoms with Crippen LogP contribution in [-0.4, -0.2) is 22.7 Å². The van der Waals surface area contributed by atoms with Crippen LogP contribution in [0.5, 0.6) is 0 Å². The average molecular weight is 329 g/mol. The average Bonchev–Trinajstić information content (AvgIpc) is 2.40. The Labute approximate surface area is 130 Å². The Balaban J connectivity index is 2.81. The number of hydrogen-bond acceptors (Lipinski definition) is 5. The fourth-order valence-corrected chi connectivity index (χ4v) is 2.14. The Hall–Kier alpha value is -1.62. The molecule has 0 aromatic heterocycles. The quantitative estimate of drug-likeness (QED) is 0.439. The Bertz CT molecular complexity index is 594. The standard InChI is InChI=1S/C12H9ClN2O3S2/c13-7-1-3-8(4-2-7)15-11(18)9(5-14)12(19)20-6-10(16)17/h1-4,19H,6H2,(H,15,18)(H,16,17)/b12-9+. The van der Waals surface area contributed by atoms with Crippen LogP contribution in [0, 0.1) is 11.3 Å². The van der Waals surface area contributed by atoms with E-state index in [-0.39, 0.29) is 15.6 Å². The van der Waals surface area contributed by atoms with Crippen molar-refractivity contribution in [3.05, 3.63) is 39.1 Å². The number of thiol groups is 1. The zero-order valence-electron chi connectivity index (χ0n) is 9.96. The van der Waals surface area contributed by atoms with Crippen LogP contribution < -0.4 is 5.32 Å². The molecule has 0 bridgehead atoms. The number of aliphatic carboxylic acids is 1. The van der Waals surface area contributed by atoms with E-state index in [1.807, 2.05) is 0 Å². The number of benzene rings is 1. The first kappa shape index (κ1) is 16.4. The second kappa shape index (κ2) is 7.85. The van der Waals surface area contributed by atoms with Crippen LogP contribution in [-0.2, 0) is 9.59 Å². The number of thioether (sulfide) groups is 1. The van der Waals surface area contributed by atoms with E-state index >= 15 is 0 Å². The Morgan fingerprint density at radius 2 is 2.00 bits per heavy atom. The van der Waals surface area contributed by atoms with Gasteiger partial charge in [-0.15, -0.1) is 24.4 Å². The maximum Gasteiger partial charge on any atom is 0.313 e. The monoisotopic (exact) mass is 328 g/mol. The van der Waals surface area contributed by atoms with Crippen molar-refractivity contribution < 1.29 is 14.7 Å². The van der Waals surface area contributed by atoms with Gasteiger partial charge in [0.1, 0.15) is 11.6 Å². The van der Waals surface area contributed by atoms with Crippen LogP contribution in [0.15, 0.2) is 34.1 Å². The summed E-state index contributed by atoms with van der Waals surface area (Å²) in [5.74, 6) is -1.99. The van der Waals surface area contributed by atoms with Gasteiger partial charge in [-0.2, -0.15) is 5.26 Å². The first-order chi connectivity index (χ1) is 9.43. The molecule has 5 nitrogen and oxygen atoms in total. The Morgan fingerprint density at radius 1 is 1.40 bits per heavy atom. The number of nitrogens with zero attached hydrogens (tertiary/aromatic N) is 1. The summed E-state index contributed by atoms with van der Waals surface area (Å²) < 4.78 is 0.0568. The fourth-order valence-electron chi connectivity index (χ4n) is 1.12. The van der Waals surface area contributed by atoms with E-state index in [0.717, 1.165) is 11.8 Å². The molecule has 2 N–H and O–H groups in total. The van der Waals surface area contributed by atoms with E-state index in [0.29, 0.717) is 10.7 Å². The summed E-state index contributed by atoms with van der Waals surface area (Å²) in [6, 6.07) is 8.05. The minimum Gasteiger partial charge on any atom is -0.481 e. The molecule has 0 aliphatic rings. The minimum atomic E-state index is -1.06. The topological polar surface area (TPSA) is 90.2 Å². The second-order valence-electron chi connectivity index (χ2n) is 3.44. The largest absolute Gasteiger partial charge is 0.481 e. The van der Waals surface area contributed by atoms with Crippen molar-refractivity contribution in [2.45, 2.75) is 0 Å². The molecule has 0 heterocycles. The number of amides is 1. The van der Waals surface area contributed by atoms with Gasteiger partial charge < -0.3 is 10.4 Å². The molecule has 1 rings (SSSR count). The number of carbonyl (C=O) groups is 2. The molecule has 8 heteroatoms. The molecule has 1 aromatic carbocycles. The van der Waals surface area contributed by atoms with E-state index in [9.17, 15) is 9.59 Å². The number of rotatable bonds is 5. The summed E-state index contributed by atoms with van der Waals surface area (Å²) in [4.78, 5) is 22.3. The van der Waals surface area contributed by atoms with Gasteiger partial charge in [0.25, 0.3) is 5.91 Å².